The first kappa shape index (κ1) is 15.5. The van der Waals surface area contributed by atoms with Crippen LogP contribution in [0.15, 0.2) is 23.4 Å². The minimum absolute atomic E-state index is 0.205. The zero-order valence-corrected chi connectivity index (χ0v) is 14.1. The molecule has 0 atom stereocenters. The number of unbranched alkanes of at least 4 members (excludes halogenated alkanes) is 2. The highest BCUT2D eigenvalue weighted by molar-refractivity contribution is 6.30. The van der Waals surface area contributed by atoms with Crippen molar-refractivity contribution in [3.8, 4) is 11.5 Å². The van der Waals surface area contributed by atoms with Crippen LogP contribution in [0.3, 0.4) is 0 Å². The second kappa shape index (κ2) is 6.12. The third-order valence-corrected chi connectivity index (χ3v) is 4.16. The first-order valence-corrected chi connectivity index (χ1v) is 8.31. The lowest BCUT2D eigenvalue weighted by Gasteiger charge is -2.08. The molecule has 9 nitrogen and oxygen atoms in total. The number of aromatic amines is 1. The SMILES string of the molecule is Bc1nc2c([nH]1)c1nnc(-c3ccncn3)n1c(=O)n2CCCCC. The Morgan fingerprint density at radius 1 is 1.24 bits per heavy atom. The first-order chi connectivity index (χ1) is 12.2. The molecule has 0 saturated heterocycles. The van der Waals surface area contributed by atoms with Crippen LogP contribution in [0.2, 0.25) is 0 Å². The minimum Gasteiger partial charge on any atom is -0.346 e. The van der Waals surface area contributed by atoms with Gasteiger partial charge in [0.25, 0.3) is 0 Å². The van der Waals surface area contributed by atoms with Gasteiger partial charge in [-0.2, -0.15) is 0 Å². The van der Waals surface area contributed by atoms with Crippen molar-refractivity contribution in [2.45, 2.75) is 32.7 Å². The Morgan fingerprint density at radius 3 is 2.88 bits per heavy atom. The van der Waals surface area contributed by atoms with E-state index in [1.165, 1.54) is 10.7 Å². The fourth-order valence-electron chi connectivity index (χ4n) is 2.98. The molecule has 4 aromatic heterocycles. The summed E-state index contributed by atoms with van der Waals surface area (Å²) in [6.45, 7) is 2.73. The van der Waals surface area contributed by atoms with E-state index in [1.807, 2.05) is 7.85 Å². The molecule has 0 aromatic carbocycles. The number of imidazole rings is 1. The third-order valence-electron chi connectivity index (χ3n) is 4.16. The average Bonchev–Trinajstić information content (AvgIpc) is 3.22. The zero-order chi connectivity index (χ0) is 17.4. The number of rotatable bonds is 5. The molecule has 0 unspecified atom stereocenters. The summed E-state index contributed by atoms with van der Waals surface area (Å²) in [6, 6.07) is 1.71. The molecule has 10 heteroatoms. The van der Waals surface area contributed by atoms with Gasteiger partial charge >= 0.3 is 5.69 Å². The topological polar surface area (TPSA) is 107 Å². The molecule has 126 valence electrons. The molecular weight excluding hydrogens is 319 g/mol. The molecule has 0 bridgehead atoms. The van der Waals surface area contributed by atoms with Crippen LogP contribution in [-0.2, 0) is 6.54 Å². The van der Waals surface area contributed by atoms with E-state index in [9.17, 15) is 4.79 Å². The van der Waals surface area contributed by atoms with Gasteiger partial charge in [0, 0.05) is 12.7 Å². The summed E-state index contributed by atoms with van der Waals surface area (Å²) in [5.41, 5.74) is 2.87. The third kappa shape index (κ3) is 2.50. The van der Waals surface area contributed by atoms with Crippen LogP contribution < -0.4 is 11.4 Å². The highest BCUT2D eigenvalue weighted by atomic mass is 16.1. The Bertz CT molecular complexity index is 1100. The first-order valence-electron chi connectivity index (χ1n) is 8.31. The van der Waals surface area contributed by atoms with Gasteiger partial charge in [-0.25, -0.2) is 24.1 Å². The smallest absolute Gasteiger partial charge is 0.337 e. The molecule has 1 N–H and O–H groups in total. The van der Waals surface area contributed by atoms with Crippen LogP contribution in [0.4, 0.5) is 0 Å². The molecule has 4 rings (SSSR count). The van der Waals surface area contributed by atoms with Crippen LogP contribution in [0.25, 0.3) is 28.3 Å². The van der Waals surface area contributed by atoms with Crippen LogP contribution >= 0.6 is 0 Å². The summed E-state index contributed by atoms with van der Waals surface area (Å²) in [7, 11) is 1.86. The maximum Gasteiger partial charge on any atom is 0.337 e. The molecule has 0 radical (unpaired) electrons. The summed E-state index contributed by atoms with van der Waals surface area (Å²) < 4.78 is 3.18. The molecule has 0 spiro atoms. The van der Waals surface area contributed by atoms with E-state index < -0.39 is 0 Å². The predicted molar refractivity (Wildman–Crippen MR) is 95.6 cm³/mol. The summed E-state index contributed by atoms with van der Waals surface area (Å²) in [5.74, 6) is 0.404. The van der Waals surface area contributed by atoms with Gasteiger partial charge in [-0.3, -0.25) is 4.57 Å². The molecule has 0 fully saturated rings. The molecule has 0 amide bonds. The van der Waals surface area contributed by atoms with Crippen molar-refractivity contribution in [3.63, 3.8) is 0 Å². The Hall–Kier alpha value is -3.04. The number of fused-ring (bicyclic) bond motifs is 3. The monoisotopic (exact) mass is 336 g/mol. The van der Waals surface area contributed by atoms with Gasteiger partial charge in [0.15, 0.2) is 25.0 Å². The fraction of sp³-hybridized carbons (Fsp3) is 0.333. The van der Waals surface area contributed by atoms with Gasteiger partial charge in [-0.05, 0) is 12.5 Å². The van der Waals surface area contributed by atoms with E-state index in [2.05, 4.69) is 37.1 Å². The van der Waals surface area contributed by atoms with Gasteiger partial charge in [0.05, 0.1) is 5.72 Å². The fourth-order valence-corrected chi connectivity index (χ4v) is 2.98. The molecule has 0 aliphatic carbocycles. The van der Waals surface area contributed by atoms with Gasteiger partial charge in [-0.15, -0.1) is 10.2 Å². The highest BCUT2D eigenvalue weighted by Crippen LogP contribution is 2.18. The van der Waals surface area contributed by atoms with E-state index in [4.69, 9.17) is 0 Å². The standard InChI is InChI=1S/C15H17BN8O/c1-2-3-4-7-23-12-10(19-14(16)20-12)13-22-21-11(24(13)15(23)25)9-5-6-17-8-18-9/h5-6,8H,2-4,7,16H2,1H3,(H,19,20). The number of hydrogen-bond donors (Lipinski definition) is 1. The van der Waals surface area contributed by atoms with Gasteiger partial charge in [-0.1, -0.05) is 19.8 Å². The van der Waals surface area contributed by atoms with Crippen molar-refractivity contribution in [1.29, 1.82) is 0 Å². The van der Waals surface area contributed by atoms with Crippen LogP contribution in [0.1, 0.15) is 26.2 Å². The number of H-pyrrole nitrogens is 1. The second-order valence-corrected chi connectivity index (χ2v) is 5.94. The van der Waals surface area contributed by atoms with Crippen LogP contribution in [-0.4, -0.2) is 46.9 Å². The molecule has 4 aromatic rings. The minimum atomic E-state index is -0.205. The predicted octanol–water partition coefficient (Wildman–Crippen LogP) is -0.327. The average molecular weight is 336 g/mol. The maximum absolute atomic E-state index is 13.1. The largest absolute Gasteiger partial charge is 0.346 e. The molecule has 4 heterocycles. The zero-order valence-electron chi connectivity index (χ0n) is 14.1. The van der Waals surface area contributed by atoms with E-state index in [0.717, 1.165) is 25.0 Å². The lowest BCUT2D eigenvalue weighted by atomic mass is 10.1. The van der Waals surface area contributed by atoms with Crippen LogP contribution in [0.5, 0.6) is 0 Å². The number of nitrogens with zero attached hydrogens (tertiary/aromatic N) is 7. The van der Waals surface area contributed by atoms with E-state index >= 15 is 0 Å². The Balaban J connectivity index is 2.02. The van der Waals surface area contributed by atoms with E-state index in [0.29, 0.717) is 34.9 Å². The van der Waals surface area contributed by atoms with E-state index in [1.54, 1.807) is 16.8 Å². The van der Waals surface area contributed by atoms with E-state index in [-0.39, 0.29) is 5.69 Å². The molecule has 0 saturated carbocycles. The van der Waals surface area contributed by atoms with Gasteiger partial charge in [0.2, 0.25) is 0 Å². The Kier molecular flexibility index (Phi) is 3.79. The molecule has 0 aliphatic heterocycles. The molecule has 0 aliphatic rings. The van der Waals surface area contributed by atoms with Crippen molar-refractivity contribution >= 4 is 30.4 Å². The van der Waals surface area contributed by atoms with Crippen molar-refractivity contribution in [2.24, 2.45) is 0 Å². The maximum atomic E-state index is 13.1. The summed E-state index contributed by atoms with van der Waals surface area (Å²) >= 11 is 0. The van der Waals surface area contributed by atoms with Crippen molar-refractivity contribution in [2.75, 3.05) is 0 Å². The summed E-state index contributed by atoms with van der Waals surface area (Å²) in [5, 5.41) is 8.39. The number of hydrogen-bond acceptors (Lipinski definition) is 6. The van der Waals surface area contributed by atoms with Gasteiger partial charge in [0.1, 0.15) is 17.5 Å². The lowest BCUT2D eigenvalue weighted by Crippen LogP contribution is -2.28. The number of nitrogens with one attached hydrogen (secondary N) is 1. The normalized spacial score (nSPS) is 11.6. The van der Waals surface area contributed by atoms with Gasteiger partial charge < -0.3 is 4.98 Å². The second-order valence-electron chi connectivity index (χ2n) is 5.94. The van der Waals surface area contributed by atoms with Crippen molar-refractivity contribution in [3.05, 3.63) is 29.1 Å². The lowest BCUT2D eigenvalue weighted by molar-refractivity contribution is 0.586. The van der Waals surface area contributed by atoms with Crippen LogP contribution in [0, 0.1) is 0 Å². The van der Waals surface area contributed by atoms with Crippen molar-refractivity contribution < 1.29 is 0 Å². The highest BCUT2D eigenvalue weighted by Gasteiger charge is 2.20. The molecule has 25 heavy (non-hydrogen) atoms. The molecular formula is C15H17BN8O. The Morgan fingerprint density at radius 2 is 2.12 bits per heavy atom. The summed E-state index contributed by atoms with van der Waals surface area (Å²) in [6.07, 6.45) is 6.08. The quantitative estimate of drug-likeness (QED) is 0.395. The summed E-state index contributed by atoms with van der Waals surface area (Å²) in [4.78, 5) is 28.9. The number of aromatic nitrogens is 8. The number of aryl methyl sites for hydroxylation is 1. The Labute approximate surface area is 143 Å². The van der Waals surface area contributed by atoms with Crippen molar-refractivity contribution in [1.82, 2.24) is 39.1 Å².